The highest BCUT2D eigenvalue weighted by molar-refractivity contribution is 5.69. The van der Waals surface area contributed by atoms with E-state index in [0.29, 0.717) is 6.42 Å². The first kappa shape index (κ1) is 18.2. The highest BCUT2D eigenvalue weighted by atomic mass is 16.5. The van der Waals surface area contributed by atoms with Crippen molar-refractivity contribution in [3.63, 3.8) is 0 Å². The van der Waals surface area contributed by atoms with Gasteiger partial charge in [0.2, 0.25) is 0 Å². The highest BCUT2D eigenvalue weighted by Crippen LogP contribution is 2.30. The van der Waals surface area contributed by atoms with Gasteiger partial charge in [-0.15, -0.1) is 0 Å². The lowest BCUT2D eigenvalue weighted by Gasteiger charge is -2.30. The number of ether oxygens (including phenoxy) is 1. The van der Waals surface area contributed by atoms with Crippen molar-refractivity contribution < 1.29 is 9.53 Å². The largest absolute Gasteiger partial charge is 0.457 e. The second-order valence-corrected chi connectivity index (χ2v) is 6.39. The normalized spacial score (nSPS) is 13.5. The summed E-state index contributed by atoms with van der Waals surface area (Å²) in [5.74, 6) is 0.0426. The lowest BCUT2D eigenvalue weighted by Crippen LogP contribution is -2.30. The summed E-state index contributed by atoms with van der Waals surface area (Å²) in [5.41, 5.74) is 2.32. The van der Waals surface area contributed by atoms with Crippen LogP contribution >= 0.6 is 0 Å². The summed E-state index contributed by atoms with van der Waals surface area (Å²) in [6.07, 6.45) is 1.03. The van der Waals surface area contributed by atoms with Gasteiger partial charge in [-0.2, -0.15) is 0 Å². The van der Waals surface area contributed by atoms with Crippen molar-refractivity contribution in [2.75, 3.05) is 20.6 Å². The number of benzene rings is 2. The molecule has 0 aliphatic carbocycles. The Morgan fingerprint density at radius 1 is 1.00 bits per heavy atom. The molecule has 0 N–H and O–H groups in total. The fourth-order valence-electron chi connectivity index (χ4n) is 2.96. The van der Waals surface area contributed by atoms with Crippen LogP contribution in [0.25, 0.3) is 0 Å². The number of hydrogen-bond donors (Lipinski definition) is 0. The maximum absolute atomic E-state index is 12.0. The van der Waals surface area contributed by atoms with E-state index in [4.69, 9.17) is 4.74 Å². The quantitative estimate of drug-likeness (QED) is 0.684. The minimum Gasteiger partial charge on any atom is -0.457 e. The van der Waals surface area contributed by atoms with Gasteiger partial charge >= 0.3 is 5.97 Å². The molecule has 0 bridgehead atoms. The van der Waals surface area contributed by atoms with Gasteiger partial charge in [-0.1, -0.05) is 67.6 Å². The van der Waals surface area contributed by atoms with Crippen molar-refractivity contribution in [3.8, 4) is 0 Å². The zero-order valence-corrected chi connectivity index (χ0v) is 14.8. The van der Waals surface area contributed by atoms with Crippen molar-refractivity contribution in [2.24, 2.45) is 5.92 Å². The number of esters is 1. The van der Waals surface area contributed by atoms with Crippen LogP contribution in [0.4, 0.5) is 0 Å². The van der Waals surface area contributed by atoms with Gasteiger partial charge in [0.25, 0.3) is 0 Å². The monoisotopic (exact) mass is 325 g/mol. The Morgan fingerprint density at radius 3 is 2.12 bits per heavy atom. The Morgan fingerprint density at radius 2 is 1.58 bits per heavy atom. The van der Waals surface area contributed by atoms with Gasteiger partial charge in [-0.05, 0) is 31.6 Å². The Balaban J connectivity index is 2.30. The number of hydrogen-bond acceptors (Lipinski definition) is 3. The van der Waals surface area contributed by atoms with E-state index < -0.39 is 0 Å². The molecule has 0 aliphatic rings. The Hall–Kier alpha value is -2.13. The van der Waals surface area contributed by atoms with E-state index in [1.165, 1.54) is 5.56 Å². The molecule has 2 rings (SSSR count). The first-order valence-corrected chi connectivity index (χ1v) is 8.53. The molecule has 0 spiro atoms. The highest BCUT2D eigenvalue weighted by Gasteiger charge is 2.27. The second kappa shape index (κ2) is 9.24. The van der Waals surface area contributed by atoms with Crippen molar-refractivity contribution in [2.45, 2.75) is 25.9 Å². The van der Waals surface area contributed by atoms with Gasteiger partial charge in [0, 0.05) is 18.9 Å². The maximum Gasteiger partial charge on any atom is 0.306 e. The molecule has 3 nitrogen and oxygen atoms in total. The molecular formula is C21H27NO2. The van der Waals surface area contributed by atoms with E-state index >= 15 is 0 Å². The maximum atomic E-state index is 12.0. The molecular weight excluding hydrogens is 298 g/mol. The molecule has 0 fully saturated rings. The number of carbonyl (C=O) groups excluding carboxylic acids is 1. The van der Waals surface area contributed by atoms with Gasteiger partial charge in [-0.25, -0.2) is 0 Å². The zero-order valence-electron chi connectivity index (χ0n) is 14.8. The van der Waals surface area contributed by atoms with Crippen LogP contribution in [0.3, 0.4) is 0 Å². The summed E-state index contributed by atoms with van der Waals surface area (Å²) in [7, 11) is 4.11. The lowest BCUT2D eigenvalue weighted by atomic mass is 9.89. The molecule has 2 atom stereocenters. The van der Waals surface area contributed by atoms with E-state index in [9.17, 15) is 4.79 Å². The predicted molar refractivity (Wildman–Crippen MR) is 97.8 cm³/mol. The van der Waals surface area contributed by atoms with Crippen LogP contribution in [0.2, 0.25) is 0 Å². The molecule has 0 aliphatic heterocycles. The third-order valence-electron chi connectivity index (χ3n) is 4.04. The Kier molecular flexibility index (Phi) is 7.01. The van der Waals surface area contributed by atoms with E-state index in [0.717, 1.165) is 18.5 Å². The molecule has 0 saturated heterocycles. The smallest absolute Gasteiger partial charge is 0.306 e. The van der Waals surface area contributed by atoms with Crippen molar-refractivity contribution >= 4 is 5.97 Å². The van der Waals surface area contributed by atoms with Crippen LogP contribution in [-0.4, -0.2) is 31.5 Å². The summed E-state index contributed by atoms with van der Waals surface area (Å²) < 4.78 is 5.86. The van der Waals surface area contributed by atoms with Crippen LogP contribution in [0.15, 0.2) is 60.7 Å². The van der Waals surface area contributed by atoms with Gasteiger partial charge < -0.3 is 9.64 Å². The van der Waals surface area contributed by atoms with E-state index in [1.807, 2.05) is 43.3 Å². The Labute approximate surface area is 145 Å². The second-order valence-electron chi connectivity index (χ2n) is 6.39. The van der Waals surface area contributed by atoms with Gasteiger partial charge in [-0.3, -0.25) is 4.79 Å². The third-order valence-corrected chi connectivity index (χ3v) is 4.04. The molecule has 128 valence electrons. The van der Waals surface area contributed by atoms with Crippen LogP contribution in [-0.2, 0) is 16.0 Å². The summed E-state index contributed by atoms with van der Waals surface area (Å²) in [5, 5.41) is 0. The molecule has 3 heteroatoms. The fourth-order valence-corrected chi connectivity index (χ4v) is 2.96. The van der Waals surface area contributed by atoms with Crippen LogP contribution in [0.5, 0.6) is 0 Å². The molecule has 0 unspecified atom stereocenters. The number of rotatable bonds is 8. The van der Waals surface area contributed by atoms with Crippen molar-refractivity contribution in [3.05, 3.63) is 71.8 Å². The first-order valence-electron chi connectivity index (χ1n) is 8.53. The minimum atomic E-state index is -0.235. The molecule has 0 heterocycles. The molecule has 2 aromatic rings. The summed E-state index contributed by atoms with van der Waals surface area (Å²) in [4.78, 5) is 14.2. The van der Waals surface area contributed by atoms with Crippen molar-refractivity contribution in [1.29, 1.82) is 0 Å². The van der Waals surface area contributed by atoms with Gasteiger partial charge in [0.05, 0.1) is 0 Å². The molecule has 24 heavy (non-hydrogen) atoms. The van der Waals surface area contributed by atoms with Crippen LogP contribution < -0.4 is 0 Å². The summed E-state index contributed by atoms with van der Waals surface area (Å²) in [6.45, 7) is 2.69. The van der Waals surface area contributed by atoms with Gasteiger partial charge in [0.15, 0.2) is 0 Å². The third kappa shape index (κ3) is 5.50. The van der Waals surface area contributed by atoms with Crippen molar-refractivity contribution in [1.82, 2.24) is 4.90 Å². The Bertz CT molecular complexity index is 610. The molecule has 0 saturated carbocycles. The average Bonchev–Trinajstić information content (AvgIpc) is 2.60. The average molecular weight is 325 g/mol. The SMILES string of the molecule is CCC(=O)O[C@H](c1ccccc1)[C@@H](Cc1ccccc1)CN(C)C. The molecule has 0 amide bonds. The summed E-state index contributed by atoms with van der Waals surface area (Å²) >= 11 is 0. The van der Waals surface area contributed by atoms with Crippen LogP contribution in [0, 0.1) is 5.92 Å². The fraction of sp³-hybridized carbons (Fsp3) is 0.381. The predicted octanol–water partition coefficient (Wildman–Crippen LogP) is 4.10. The van der Waals surface area contributed by atoms with E-state index in [1.54, 1.807) is 0 Å². The molecule has 0 aromatic heterocycles. The molecule has 0 radical (unpaired) electrons. The van der Waals surface area contributed by atoms with Gasteiger partial charge in [0.1, 0.15) is 6.10 Å². The first-order chi connectivity index (χ1) is 11.6. The molecule has 2 aromatic carbocycles. The topological polar surface area (TPSA) is 29.5 Å². The van der Waals surface area contributed by atoms with E-state index in [-0.39, 0.29) is 18.0 Å². The number of carbonyl (C=O) groups is 1. The zero-order chi connectivity index (χ0) is 17.4. The summed E-state index contributed by atoms with van der Waals surface area (Å²) in [6, 6.07) is 20.5. The van der Waals surface area contributed by atoms with Crippen LogP contribution in [0.1, 0.15) is 30.6 Å². The standard InChI is InChI=1S/C21H27NO2/c1-4-20(23)24-21(18-13-9-6-10-14-18)19(16-22(2)3)15-17-11-7-5-8-12-17/h5-14,19,21H,4,15-16H2,1-3H3/t19-,21+/m0/s1. The lowest BCUT2D eigenvalue weighted by molar-refractivity contribution is -0.152. The number of nitrogens with zero attached hydrogens (tertiary/aromatic N) is 1. The van der Waals surface area contributed by atoms with E-state index in [2.05, 4.69) is 43.3 Å². The minimum absolute atomic E-state index is 0.152.